The maximum Gasteiger partial charge on any atom is 0.223 e. The van der Waals surface area contributed by atoms with Gasteiger partial charge in [0.05, 0.1) is 18.1 Å². The van der Waals surface area contributed by atoms with Crippen molar-refractivity contribution in [3.63, 3.8) is 0 Å². The Morgan fingerprint density at radius 3 is 2.95 bits per heavy atom. The normalized spacial score (nSPS) is 24.8. The molecule has 2 aromatic rings. The molecule has 1 fully saturated rings. The zero-order valence-corrected chi connectivity index (χ0v) is 10.8. The molecule has 0 bridgehead atoms. The monoisotopic (exact) mass is 269 g/mol. The van der Waals surface area contributed by atoms with Gasteiger partial charge in [-0.15, -0.1) is 0 Å². The van der Waals surface area contributed by atoms with Crippen molar-refractivity contribution in [2.75, 3.05) is 0 Å². The van der Waals surface area contributed by atoms with E-state index in [9.17, 15) is 14.7 Å². The van der Waals surface area contributed by atoms with Crippen molar-refractivity contribution in [2.45, 2.75) is 31.3 Å². The number of benzene rings is 1. The van der Waals surface area contributed by atoms with E-state index in [4.69, 9.17) is 0 Å². The summed E-state index contributed by atoms with van der Waals surface area (Å²) < 4.78 is 0. The van der Waals surface area contributed by atoms with Crippen LogP contribution in [0.3, 0.4) is 0 Å². The number of carboxylic acid groups (broad SMARTS) is 1. The summed E-state index contributed by atoms with van der Waals surface area (Å²) in [5.74, 6) is -1.25. The second-order valence-electron chi connectivity index (χ2n) is 5.46. The zero-order chi connectivity index (χ0) is 13.9. The Hall–Kier alpha value is -2.30. The van der Waals surface area contributed by atoms with Gasteiger partial charge >= 0.3 is 0 Å². The number of aromatic amines is 1. The molecule has 0 spiro atoms. The van der Waals surface area contributed by atoms with Crippen LogP contribution in [0.4, 0.5) is 0 Å². The van der Waals surface area contributed by atoms with Gasteiger partial charge in [-0.05, 0) is 18.1 Å². The molecule has 4 rings (SSSR count). The Balaban J connectivity index is 1.94. The highest BCUT2D eigenvalue weighted by Gasteiger charge is 2.43. The molecule has 1 amide bonds. The molecular weight excluding hydrogens is 256 g/mol. The van der Waals surface area contributed by atoms with Crippen LogP contribution in [0, 0.1) is 0 Å². The van der Waals surface area contributed by atoms with Crippen molar-refractivity contribution < 1.29 is 14.7 Å². The van der Waals surface area contributed by atoms with Crippen LogP contribution in [0.15, 0.2) is 24.3 Å². The van der Waals surface area contributed by atoms with E-state index in [2.05, 4.69) is 4.98 Å². The lowest BCUT2D eigenvalue weighted by atomic mass is 9.92. The Labute approximate surface area is 115 Å². The van der Waals surface area contributed by atoms with Gasteiger partial charge in [-0.1, -0.05) is 18.2 Å². The van der Waals surface area contributed by atoms with Crippen molar-refractivity contribution in [2.24, 2.45) is 0 Å². The van der Waals surface area contributed by atoms with Gasteiger partial charge in [0.25, 0.3) is 0 Å². The summed E-state index contributed by atoms with van der Waals surface area (Å²) in [5, 5.41) is 12.4. The number of H-pyrrole nitrogens is 1. The van der Waals surface area contributed by atoms with E-state index in [1.807, 2.05) is 24.3 Å². The summed E-state index contributed by atoms with van der Waals surface area (Å²) in [6.45, 7) is 0. The molecule has 0 radical (unpaired) electrons. The fraction of sp³-hybridized carbons (Fsp3) is 0.333. The molecule has 1 aromatic heterocycles. The van der Waals surface area contributed by atoms with Gasteiger partial charge in [0, 0.05) is 29.4 Å². The second kappa shape index (κ2) is 3.85. The molecule has 2 aliphatic rings. The van der Waals surface area contributed by atoms with Crippen LogP contribution in [0.1, 0.15) is 30.1 Å². The fourth-order valence-corrected chi connectivity index (χ4v) is 3.59. The molecule has 1 N–H and O–H groups in total. The number of fused-ring (bicyclic) bond motifs is 5. The van der Waals surface area contributed by atoms with Gasteiger partial charge in [-0.3, -0.25) is 4.79 Å². The number of aromatic nitrogens is 1. The predicted octanol–water partition coefficient (Wildman–Crippen LogP) is 0.506. The minimum absolute atomic E-state index is 0.0893. The van der Waals surface area contributed by atoms with Crippen molar-refractivity contribution in [1.82, 2.24) is 9.88 Å². The number of para-hydroxylation sites is 1. The van der Waals surface area contributed by atoms with Gasteiger partial charge < -0.3 is 19.8 Å². The third kappa shape index (κ3) is 1.37. The van der Waals surface area contributed by atoms with Crippen LogP contribution in [0.2, 0.25) is 0 Å². The number of aliphatic carboxylic acids is 1. The average molecular weight is 269 g/mol. The number of nitrogens with zero attached hydrogens (tertiary/aromatic N) is 1. The molecule has 1 aromatic carbocycles. The van der Waals surface area contributed by atoms with E-state index in [0.29, 0.717) is 19.3 Å². The quantitative estimate of drug-likeness (QED) is 0.819. The molecule has 0 aliphatic carbocycles. The van der Waals surface area contributed by atoms with Crippen LogP contribution in [-0.4, -0.2) is 27.8 Å². The minimum atomic E-state index is -1.17. The maximum absolute atomic E-state index is 12.0. The largest absolute Gasteiger partial charge is 0.548 e. The third-order valence-corrected chi connectivity index (χ3v) is 4.44. The molecule has 2 atom stereocenters. The van der Waals surface area contributed by atoms with E-state index in [0.717, 1.165) is 22.2 Å². The molecule has 5 nitrogen and oxygen atoms in total. The number of hydrogen-bond donors (Lipinski definition) is 1. The van der Waals surface area contributed by atoms with Gasteiger partial charge in [0.2, 0.25) is 5.91 Å². The van der Waals surface area contributed by atoms with E-state index >= 15 is 0 Å². The first-order valence-corrected chi connectivity index (χ1v) is 6.78. The molecular formula is C15H13N2O3-. The van der Waals surface area contributed by atoms with Gasteiger partial charge in [-0.2, -0.15) is 0 Å². The lowest BCUT2D eigenvalue weighted by Crippen LogP contribution is -2.52. The molecule has 1 saturated heterocycles. The van der Waals surface area contributed by atoms with Crippen molar-refractivity contribution in [3.8, 4) is 0 Å². The average Bonchev–Trinajstić information content (AvgIpc) is 2.99. The maximum atomic E-state index is 12.0. The number of amides is 1. The van der Waals surface area contributed by atoms with Crippen LogP contribution in [-0.2, 0) is 16.0 Å². The van der Waals surface area contributed by atoms with E-state index in [1.165, 1.54) is 4.90 Å². The topological polar surface area (TPSA) is 76.2 Å². The summed E-state index contributed by atoms with van der Waals surface area (Å²) >= 11 is 0. The molecule has 102 valence electrons. The number of carbonyl (C=O) groups is 2. The number of carboxylic acids is 1. The van der Waals surface area contributed by atoms with E-state index in [1.54, 1.807) is 0 Å². The summed E-state index contributed by atoms with van der Waals surface area (Å²) in [6.07, 6.45) is 1.40. The highest BCUT2D eigenvalue weighted by molar-refractivity contribution is 5.90. The third-order valence-electron chi connectivity index (χ3n) is 4.44. The summed E-state index contributed by atoms with van der Waals surface area (Å²) in [4.78, 5) is 28.2. The standard InChI is InChI=1S/C15H14N2O3/c18-13-6-5-11-14-9(7-12(15(19)20)17(11)13)8-3-1-2-4-10(8)16-14/h1-4,11-12,16H,5-7H2,(H,19,20)/p-1/t11-,12+/m1/s1. The molecule has 0 saturated carbocycles. The summed E-state index contributed by atoms with van der Waals surface area (Å²) in [7, 11) is 0. The first-order chi connectivity index (χ1) is 9.66. The smallest absolute Gasteiger partial charge is 0.223 e. The highest BCUT2D eigenvalue weighted by Crippen LogP contribution is 2.42. The summed E-state index contributed by atoms with van der Waals surface area (Å²) in [6, 6.07) is 6.85. The van der Waals surface area contributed by atoms with Crippen molar-refractivity contribution in [1.29, 1.82) is 0 Å². The molecule has 5 heteroatoms. The molecule has 2 aliphatic heterocycles. The van der Waals surface area contributed by atoms with E-state index < -0.39 is 12.0 Å². The Morgan fingerprint density at radius 2 is 2.15 bits per heavy atom. The number of rotatable bonds is 1. The minimum Gasteiger partial charge on any atom is -0.548 e. The first-order valence-electron chi connectivity index (χ1n) is 6.78. The Morgan fingerprint density at radius 1 is 1.35 bits per heavy atom. The van der Waals surface area contributed by atoms with Gasteiger partial charge in [0.15, 0.2) is 0 Å². The van der Waals surface area contributed by atoms with Crippen LogP contribution < -0.4 is 5.11 Å². The first kappa shape index (κ1) is 11.5. The van der Waals surface area contributed by atoms with Crippen molar-refractivity contribution >= 4 is 22.8 Å². The SMILES string of the molecule is O=C([O-])[C@@H]1Cc2c([nH]c3ccccc23)[C@H]2CCC(=O)N21. The number of carbonyl (C=O) groups excluding carboxylic acids is 2. The number of nitrogens with one attached hydrogen (secondary N) is 1. The zero-order valence-electron chi connectivity index (χ0n) is 10.8. The lowest BCUT2D eigenvalue weighted by Gasteiger charge is -2.38. The van der Waals surface area contributed by atoms with Crippen molar-refractivity contribution in [3.05, 3.63) is 35.5 Å². The van der Waals surface area contributed by atoms with Crippen LogP contribution in [0.25, 0.3) is 10.9 Å². The Bertz CT molecular complexity index is 734. The van der Waals surface area contributed by atoms with Gasteiger partial charge in [0.1, 0.15) is 0 Å². The lowest BCUT2D eigenvalue weighted by molar-refractivity contribution is -0.312. The second-order valence-corrected chi connectivity index (χ2v) is 5.46. The predicted molar refractivity (Wildman–Crippen MR) is 69.6 cm³/mol. The van der Waals surface area contributed by atoms with Gasteiger partial charge in [-0.25, -0.2) is 0 Å². The fourth-order valence-electron chi connectivity index (χ4n) is 3.59. The highest BCUT2D eigenvalue weighted by atomic mass is 16.4. The summed E-state index contributed by atoms with van der Waals surface area (Å²) in [5.41, 5.74) is 3.01. The number of hydrogen-bond acceptors (Lipinski definition) is 3. The van der Waals surface area contributed by atoms with Crippen LogP contribution >= 0.6 is 0 Å². The molecule has 20 heavy (non-hydrogen) atoms. The molecule has 0 unspecified atom stereocenters. The Kier molecular flexibility index (Phi) is 2.22. The van der Waals surface area contributed by atoms with Crippen LogP contribution in [0.5, 0.6) is 0 Å². The molecule has 3 heterocycles. The van der Waals surface area contributed by atoms with E-state index in [-0.39, 0.29) is 11.9 Å².